The number of hydrogen-bond acceptors (Lipinski definition) is 41. The van der Waals surface area contributed by atoms with Crippen molar-refractivity contribution >= 4 is 11.8 Å². The molecule has 0 aromatic rings. The van der Waals surface area contributed by atoms with Crippen LogP contribution < -0.4 is 16.4 Å². The summed E-state index contributed by atoms with van der Waals surface area (Å²) in [6, 6.07) is -0.871. The van der Waals surface area contributed by atoms with Crippen LogP contribution >= 0.6 is 0 Å². The smallest absolute Gasteiger partial charge is 0.237 e. The lowest BCUT2D eigenvalue weighted by atomic mass is 10.0. The molecule has 24 N–H and O–H groups in total. The molecule has 0 aliphatic rings. The second kappa shape index (κ2) is 72.1. The van der Waals surface area contributed by atoms with Gasteiger partial charge in [0.05, 0.1) is 268 Å². The van der Waals surface area contributed by atoms with Crippen molar-refractivity contribution in [3.8, 4) is 0 Å². The van der Waals surface area contributed by atoms with Gasteiger partial charge in [0, 0.05) is 58.8 Å². The molecule has 0 aliphatic heterocycles. The normalized spacial score (nSPS) is 17.0. The van der Waals surface area contributed by atoms with Crippen LogP contribution in [0, 0.1) is 0 Å². The van der Waals surface area contributed by atoms with Crippen molar-refractivity contribution in [1.82, 2.24) is 20.4 Å². The van der Waals surface area contributed by atoms with Gasteiger partial charge < -0.3 is 194 Å². The summed E-state index contributed by atoms with van der Waals surface area (Å²) in [5.74, 6) is -0.663. The predicted molar refractivity (Wildman–Crippen MR) is 374 cm³/mol. The predicted octanol–water partition coefficient (Wildman–Crippen LogP) is -14.1. The summed E-state index contributed by atoms with van der Waals surface area (Å²) in [7, 11) is 0. The summed E-state index contributed by atoms with van der Waals surface area (Å²) in [5, 5.41) is 203. The molecule has 2 amide bonds. The number of hydrogen-bond donors (Lipinski definition) is 23. The lowest BCUT2D eigenvalue weighted by molar-refractivity contribution is -0.131. The lowest BCUT2D eigenvalue weighted by Crippen LogP contribution is -2.53. The van der Waals surface area contributed by atoms with E-state index in [1.807, 2.05) is 0 Å². The Morgan fingerprint density at radius 2 is 0.435 bits per heavy atom. The number of ether oxygens (including phenoxy) is 16. The van der Waals surface area contributed by atoms with Gasteiger partial charge in [0.1, 0.15) is 73.2 Å². The van der Waals surface area contributed by atoms with E-state index in [1.54, 1.807) is 0 Å². The molecule has 43 heteroatoms. The zero-order valence-electron chi connectivity index (χ0n) is 62.1. The largest absolute Gasteiger partial charge is 0.394 e. The highest BCUT2D eigenvalue weighted by Crippen LogP contribution is 2.14. The number of rotatable bonds is 82. The van der Waals surface area contributed by atoms with E-state index in [1.165, 1.54) is 9.80 Å². The Kier molecular flexibility index (Phi) is 70.4. The summed E-state index contributed by atoms with van der Waals surface area (Å²) >= 11 is 0. The molecule has 0 rings (SSSR count). The molecule has 0 aliphatic carbocycles. The summed E-state index contributed by atoms with van der Waals surface area (Å²) in [5.41, 5.74) is 5.96. The van der Waals surface area contributed by atoms with E-state index in [4.69, 9.17) is 102 Å². The number of carbonyl (C=O) groups excluding carboxylic acids is 2. The number of nitrogens with zero attached hydrogens (tertiary/aromatic N) is 2. The molecule has 1 unspecified atom stereocenters. The lowest BCUT2D eigenvalue weighted by Gasteiger charge is -2.33. The average Bonchev–Trinajstić information content (AvgIpc) is 0.877. The second-order valence-electron chi connectivity index (χ2n) is 24.3. The number of amides is 2. The van der Waals surface area contributed by atoms with Gasteiger partial charge in [-0.25, -0.2) is 0 Å². The van der Waals surface area contributed by atoms with Crippen LogP contribution in [0.2, 0.25) is 0 Å². The third-order valence-corrected chi connectivity index (χ3v) is 15.5. The van der Waals surface area contributed by atoms with E-state index >= 15 is 0 Å². The van der Waals surface area contributed by atoms with Crippen LogP contribution in [0.1, 0.15) is 12.8 Å². The summed E-state index contributed by atoms with van der Waals surface area (Å²) in [4.78, 5) is 27.2. The minimum absolute atomic E-state index is 0.00516. The van der Waals surface area contributed by atoms with Gasteiger partial charge in [-0.15, -0.1) is 0 Å². The quantitative estimate of drug-likeness (QED) is 0.0251. The highest BCUT2D eigenvalue weighted by molar-refractivity contribution is 5.82. The van der Waals surface area contributed by atoms with Gasteiger partial charge in [0.2, 0.25) is 11.8 Å². The van der Waals surface area contributed by atoms with Crippen LogP contribution in [0.15, 0.2) is 0 Å². The Morgan fingerprint density at radius 3 is 0.639 bits per heavy atom. The maximum atomic E-state index is 12.4. The molecule has 0 fully saturated rings. The Hall–Kier alpha value is -2.62. The molecule has 646 valence electrons. The molecular formula is C65H133N5O38. The van der Waals surface area contributed by atoms with Crippen LogP contribution in [0.25, 0.3) is 0 Å². The van der Waals surface area contributed by atoms with Gasteiger partial charge in [-0.3, -0.25) is 19.4 Å². The first kappa shape index (κ1) is 105. The Morgan fingerprint density at radius 1 is 0.259 bits per heavy atom. The van der Waals surface area contributed by atoms with Crippen molar-refractivity contribution in [2.45, 2.75) is 117 Å². The standard InChI is InChI=1S/C65H133N5O38/c66-47(65(92)68-4-8-94-12-16-98-20-24-102-28-32-106-36-38-108-34-30-104-26-22-100-18-14-96-10-6-70(41-50(77)59(86)63(90)54(81)45-73)42-51(78)60(87)64(91)55(82)46-74)1-2-56(83)67-3-7-93-11-15-97-19-23-101-27-31-105-35-37-107-33-29-103-25-21-99-17-13-95-9-5-69(39-48(75)57(84)61(88)52(79)43-71)40-49(76)58(85)62(89)53(80)44-72/h47-55,57-64,71-82,84-91H,1-46,66H2,(H,67,83)(H,68,92)/t47?,48-,49-,50-,51-,52+,53+,54+,55+,57+,58+,59+,60+,61+,62+,63+,64+/m0/s1. The van der Waals surface area contributed by atoms with E-state index in [-0.39, 0.29) is 111 Å². The first-order valence-electron chi connectivity index (χ1n) is 36.3. The molecule has 0 bridgehead atoms. The molecular weight excluding hydrogens is 1460 g/mol. The van der Waals surface area contributed by atoms with Crippen LogP contribution in [0.4, 0.5) is 0 Å². The maximum Gasteiger partial charge on any atom is 0.237 e. The highest BCUT2D eigenvalue weighted by atomic mass is 16.6. The monoisotopic (exact) mass is 1590 g/mol. The minimum Gasteiger partial charge on any atom is -0.394 e. The number of nitrogens with two attached hydrogens (primary N) is 1. The Bertz CT molecular complexity index is 1940. The first-order chi connectivity index (χ1) is 52.0. The molecule has 0 aromatic carbocycles. The van der Waals surface area contributed by atoms with Gasteiger partial charge in [0.25, 0.3) is 0 Å². The third-order valence-electron chi connectivity index (χ3n) is 15.5. The van der Waals surface area contributed by atoms with Gasteiger partial charge in [-0.2, -0.15) is 0 Å². The average molecular weight is 1590 g/mol. The van der Waals surface area contributed by atoms with Crippen LogP contribution in [0.5, 0.6) is 0 Å². The minimum atomic E-state index is -1.90. The second-order valence-corrected chi connectivity index (χ2v) is 24.3. The van der Waals surface area contributed by atoms with Gasteiger partial charge in [-0.1, -0.05) is 0 Å². The van der Waals surface area contributed by atoms with Crippen LogP contribution in [-0.2, 0) is 85.4 Å². The van der Waals surface area contributed by atoms with Crippen LogP contribution in [0.3, 0.4) is 0 Å². The van der Waals surface area contributed by atoms with Crippen LogP contribution in [-0.4, -0.2) is 518 Å². The third kappa shape index (κ3) is 56.6. The molecule has 17 atom stereocenters. The number of carbonyl (C=O) groups is 2. The summed E-state index contributed by atoms with van der Waals surface area (Å²) in [6.07, 6.45) is -28.7. The van der Waals surface area contributed by atoms with E-state index in [0.717, 1.165) is 0 Å². The van der Waals surface area contributed by atoms with Crippen molar-refractivity contribution in [2.75, 3.05) is 290 Å². The zero-order chi connectivity index (χ0) is 80.4. The van der Waals surface area contributed by atoms with Crippen molar-refractivity contribution in [2.24, 2.45) is 5.73 Å². The van der Waals surface area contributed by atoms with E-state index in [0.29, 0.717) is 145 Å². The topological polar surface area (TPSA) is 643 Å². The molecule has 0 saturated carbocycles. The zero-order valence-corrected chi connectivity index (χ0v) is 62.1. The number of aliphatic hydroxyl groups is 20. The van der Waals surface area contributed by atoms with Crippen molar-refractivity contribution < 1.29 is 188 Å². The molecule has 0 saturated heterocycles. The molecule has 0 spiro atoms. The van der Waals surface area contributed by atoms with Gasteiger partial charge in [-0.05, 0) is 6.42 Å². The SMILES string of the molecule is NC(CCC(=O)NCCOCCOCCOCCOCCOCCOCCOCCOCCN(C[C@H](O)[C@@H](O)[C@H](O)[C@H](O)CO)C[C@H](O)[C@@H](O)[C@H](O)[C@H](O)CO)C(=O)NCCOCCOCCOCCOCCOCCOCCOCCOCCN(C[C@H](O)[C@@H](O)[C@H](O)[C@H](O)CO)C[C@H](O)[C@@H](O)[C@H](O)[C@H](O)CO. The summed E-state index contributed by atoms with van der Waals surface area (Å²) in [6.45, 7) is 4.58. The molecule has 43 nitrogen and oxygen atoms in total. The van der Waals surface area contributed by atoms with E-state index in [2.05, 4.69) is 10.6 Å². The van der Waals surface area contributed by atoms with Crippen molar-refractivity contribution in [1.29, 1.82) is 0 Å². The fraction of sp³-hybridized carbons (Fsp3) is 0.969. The van der Waals surface area contributed by atoms with E-state index in [9.17, 15) is 91.3 Å². The number of aliphatic hydroxyl groups excluding tert-OH is 20. The molecule has 0 aromatic heterocycles. The van der Waals surface area contributed by atoms with Gasteiger partial charge in [0.15, 0.2) is 0 Å². The summed E-state index contributed by atoms with van der Waals surface area (Å²) < 4.78 is 87.8. The molecule has 0 radical (unpaired) electrons. The number of nitrogens with one attached hydrogen (secondary N) is 2. The van der Waals surface area contributed by atoms with Crippen molar-refractivity contribution in [3.05, 3.63) is 0 Å². The fourth-order valence-electron chi connectivity index (χ4n) is 9.07. The molecule has 108 heavy (non-hydrogen) atoms. The Balaban J connectivity index is 3.72. The highest BCUT2D eigenvalue weighted by Gasteiger charge is 2.36. The van der Waals surface area contributed by atoms with Gasteiger partial charge >= 0.3 is 0 Å². The Labute approximate surface area is 630 Å². The fourth-order valence-corrected chi connectivity index (χ4v) is 9.07. The van der Waals surface area contributed by atoms with Crippen molar-refractivity contribution in [3.63, 3.8) is 0 Å². The van der Waals surface area contributed by atoms with E-state index < -0.39 is 162 Å². The molecule has 0 heterocycles. The first-order valence-corrected chi connectivity index (χ1v) is 36.3. The maximum absolute atomic E-state index is 12.4.